The second-order valence-electron chi connectivity index (χ2n) is 8.07. The number of fused-ring (bicyclic) bond motifs is 2. The fraction of sp³-hybridized carbons (Fsp3) is 0.571. The van der Waals surface area contributed by atoms with E-state index in [0.29, 0.717) is 12.7 Å². The van der Waals surface area contributed by atoms with Crippen molar-refractivity contribution in [3.05, 3.63) is 41.7 Å². The topological polar surface area (TPSA) is 42.8 Å². The second-order valence-corrected chi connectivity index (χ2v) is 8.07. The molecule has 4 heterocycles. The van der Waals surface area contributed by atoms with E-state index in [-0.39, 0.29) is 0 Å². The number of benzene rings is 1. The van der Waals surface area contributed by atoms with E-state index in [1.807, 2.05) is 12.3 Å². The molecule has 1 aromatic heterocycles. The molecule has 0 saturated carbocycles. The lowest BCUT2D eigenvalue weighted by atomic mass is 10.0. The third-order valence-electron chi connectivity index (χ3n) is 6.03. The van der Waals surface area contributed by atoms with Crippen LogP contribution in [0, 0.1) is 5.92 Å². The van der Waals surface area contributed by atoms with Crippen molar-refractivity contribution in [1.82, 2.24) is 19.6 Å². The highest BCUT2D eigenvalue weighted by Gasteiger charge is 2.24. The minimum atomic E-state index is 0.334. The van der Waals surface area contributed by atoms with Gasteiger partial charge in [-0.05, 0) is 68.6 Å². The zero-order valence-electron chi connectivity index (χ0n) is 15.8. The van der Waals surface area contributed by atoms with Gasteiger partial charge in [0.2, 0.25) is 6.79 Å². The smallest absolute Gasteiger partial charge is 0.231 e. The van der Waals surface area contributed by atoms with Gasteiger partial charge in [-0.3, -0.25) is 9.58 Å². The Morgan fingerprint density at radius 1 is 1.00 bits per heavy atom. The van der Waals surface area contributed by atoms with Crippen molar-refractivity contribution in [2.75, 3.05) is 33.0 Å². The molecule has 0 radical (unpaired) electrons. The van der Waals surface area contributed by atoms with Crippen LogP contribution < -0.4 is 9.47 Å². The predicted molar refractivity (Wildman–Crippen MR) is 103 cm³/mol. The highest BCUT2D eigenvalue weighted by Crippen LogP contribution is 2.33. The lowest BCUT2D eigenvalue weighted by molar-refractivity contribution is 0.173. The number of rotatable bonds is 5. The van der Waals surface area contributed by atoms with Crippen LogP contribution in [0.25, 0.3) is 0 Å². The molecule has 1 fully saturated rings. The fourth-order valence-electron chi connectivity index (χ4n) is 4.59. The molecule has 6 heteroatoms. The van der Waals surface area contributed by atoms with Gasteiger partial charge in [0.25, 0.3) is 0 Å². The summed E-state index contributed by atoms with van der Waals surface area (Å²) in [5.74, 6) is 2.37. The van der Waals surface area contributed by atoms with Crippen molar-refractivity contribution < 1.29 is 9.47 Å². The molecule has 1 saturated heterocycles. The number of aromatic nitrogens is 2. The molecule has 0 bridgehead atoms. The average molecular weight is 368 g/mol. The van der Waals surface area contributed by atoms with Crippen molar-refractivity contribution in [3.8, 4) is 11.5 Å². The van der Waals surface area contributed by atoms with E-state index >= 15 is 0 Å². The lowest BCUT2D eigenvalue weighted by Gasteiger charge is -2.25. The van der Waals surface area contributed by atoms with Crippen LogP contribution in [0.1, 0.15) is 30.5 Å². The molecule has 3 aliphatic heterocycles. The minimum absolute atomic E-state index is 0.334. The van der Waals surface area contributed by atoms with Crippen molar-refractivity contribution in [2.24, 2.45) is 5.92 Å². The fourth-order valence-corrected chi connectivity index (χ4v) is 4.59. The van der Waals surface area contributed by atoms with Gasteiger partial charge in [0.05, 0.1) is 5.69 Å². The van der Waals surface area contributed by atoms with E-state index in [0.717, 1.165) is 37.7 Å². The Hall–Kier alpha value is -2.05. The van der Waals surface area contributed by atoms with Crippen molar-refractivity contribution in [3.63, 3.8) is 0 Å². The van der Waals surface area contributed by atoms with E-state index < -0.39 is 0 Å². The van der Waals surface area contributed by atoms with Gasteiger partial charge >= 0.3 is 0 Å². The first-order valence-corrected chi connectivity index (χ1v) is 10.2. The highest BCUT2D eigenvalue weighted by molar-refractivity contribution is 5.44. The van der Waals surface area contributed by atoms with Gasteiger partial charge in [0.15, 0.2) is 11.5 Å². The van der Waals surface area contributed by atoms with Crippen molar-refractivity contribution in [1.29, 1.82) is 0 Å². The molecule has 0 amide bonds. The molecular weight excluding hydrogens is 340 g/mol. The number of ether oxygens (including phenoxy) is 2. The summed E-state index contributed by atoms with van der Waals surface area (Å²) in [5, 5.41) is 4.58. The molecule has 3 aliphatic rings. The summed E-state index contributed by atoms with van der Waals surface area (Å²) in [4.78, 5) is 5.18. The molecule has 144 valence electrons. The van der Waals surface area contributed by atoms with Crippen LogP contribution >= 0.6 is 0 Å². The Labute approximate surface area is 160 Å². The summed E-state index contributed by atoms with van der Waals surface area (Å²) >= 11 is 0. The largest absolute Gasteiger partial charge is 0.454 e. The first-order chi connectivity index (χ1) is 13.3. The Bertz CT molecular complexity index is 784. The number of likely N-dealkylation sites (tertiary alicyclic amines) is 1. The molecule has 0 unspecified atom stereocenters. The maximum absolute atomic E-state index is 5.55. The van der Waals surface area contributed by atoms with Gasteiger partial charge in [-0.25, -0.2) is 0 Å². The van der Waals surface area contributed by atoms with Crippen LogP contribution in [0.5, 0.6) is 11.5 Å². The maximum Gasteiger partial charge on any atom is 0.231 e. The Balaban J connectivity index is 1.29. The minimum Gasteiger partial charge on any atom is -0.454 e. The van der Waals surface area contributed by atoms with Crippen LogP contribution in [0.3, 0.4) is 0 Å². The highest BCUT2D eigenvalue weighted by atomic mass is 16.7. The molecular formula is C21H28N4O2. The van der Waals surface area contributed by atoms with E-state index in [1.165, 1.54) is 50.2 Å². The molecule has 1 aromatic carbocycles. The molecule has 1 atom stereocenters. The third kappa shape index (κ3) is 3.82. The summed E-state index contributed by atoms with van der Waals surface area (Å²) < 4.78 is 13.2. The molecule has 5 rings (SSSR count). The zero-order chi connectivity index (χ0) is 18.1. The van der Waals surface area contributed by atoms with Gasteiger partial charge < -0.3 is 14.4 Å². The van der Waals surface area contributed by atoms with Gasteiger partial charge in [0.1, 0.15) is 0 Å². The Morgan fingerprint density at radius 2 is 1.89 bits per heavy atom. The summed E-state index contributed by atoms with van der Waals surface area (Å²) in [6, 6.07) is 8.48. The third-order valence-corrected chi connectivity index (χ3v) is 6.03. The molecule has 0 spiro atoms. The van der Waals surface area contributed by atoms with Crippen molar-refractivity contribution >= 4 is 0 Å². The SMILES string of the molecule is c1cc2n(n1)C[C@H](CCN1CCCC1)CN(Cc1ccc3c(c1)OCO3)C2. The van der Waals surface area contributed by atoms with E-state index in [2.05, 4.69) is 37.8 Å². The predicted octanol–water partition coefficient (Wildman–Crippen LogP) is 2.73. The molecule has 0 N–H and O–H groups in total. The molecule has 6 nitrogen and oxygen atoms in total. The van der Waals surface area contributed by atoms with Crippen molar-refractivity contribution in [2.45, 2.75) is 38.9 Å². The molecule has 2 aromatic rings. The van der Waals surface area contributed by atoms with Gasteiger partial charge in [-0.15, -0.1) is 0 Å². The Kier molecular flexibility index (Phi) is 4.76. The monoisotopic (exact) mass is 368 g/mol. The van der Waals surface area contributed by atoms with E-state index in [9.17, 15) is 0 Å². The number of hydrogen-bond acceptors (Lipinski definition) is 5. The molecule has 27 heavy (non-hydrogen) atoms. The normalized spacial score (nSPS) is 22.7. The van der Waals surface area contributed by atoms with Gasteiger partial charge in [0, 0.05) is 32.4 Å². The summed E-state index contributed by atoms with van der Waals surface area (Å²) in [6.07, 6.45) is 5.92. The van der Waals surface area contributed by atoms with Gasteiger partial charge in [-0.2, -0.15) is 5.10 Å². The van der Waals surface area contributed by atoms with Crippen LogP contribution in [0.15, 0.2) is 30.5 Å². The first-order valence-electron chi connectivity index (χ1n) is 10.2. The maximum atomic E-state index is 5.55. The zero-order valence-corrected chi connectivity index (χ0v) is 15.8. The van der Waals surface area contributed by atoms with Gasteiger partial charge in [-0.1, -0.05) is 6.07 Å². The second kappa shape index (κ2) is 7.52. The lowest BCUT2D eigenvalue weighted by Crippen LogP contribution is -2.30. The van der Waals surface area contributed by atoms with Crippen LogP contribution in [0.2, 0.25) is 0 Å². The van der Waals surface area contributed by atoms with Crippen LogP contribution in [-0.4, -0.2) is 52.6 Å². The van der Waals surface area contributed by atoms with Crippen LogP contribution in [0.4, 0.5) is 0 Å². The Morgan fingerprint density at radius 3 is 2.81 bits per heavy atom. The summed E-state index contributed by atoms with van der Waals surface area (Å²) in [5.41, 5.74) is 2.60. The number of nitrogens with zero attached hydrogens (tertiary/aromatic N) is 4. The van der Waals surface area contributed by atoms with Crippen LogP contribution in [-0.2, 0) is 19.6 Å². The summed E-state index contributed by atoms with van der Waals surface area (Å²) in [7, 11) is 0. The standard InChI is InChI=1S/C21H28N4O2/c1-2-9-23(8-1)10-6-18-13-24(15-19-5-7-22-25(19)14-18)12-17-3-4-20-21(11-17)27-16-26-20/h3-5,7,11,18H,1-2,6,8-10,12-16H2/t18-/m1/s1. The first kappa shape index (κ1) is 17.1. The van der Waals surface area contributed by atoms with E-state index in [4.69, 9.17) is 9.47 Å². The molecule has 0 aliphatic carbocycles. The van der Waals surface area contributed by atoms with E-state index in [1.54, 1.807) is 0 Å². The quantitative estimate of drug-likeness (QED) is 0.812. The summed E-state index contributed by atoms with van der Waals surface area (Å²) in [6.45, 7) is 8.15. The average Bonchev–Trinajstić information content (AvgIpc) is 3.41. The number of hydrogen-bond donors (Lipinski definition) is 0.